The van der Waals surface area contributed by atoms with Crippen LogP contribution in [0.4, 0.5) is 0 Å². The zero-order chi connectivity index (χ0) is 17.6. The highest BCUT2D eigenvalue weighted by atomic mass is 35.5. The number of halogens is 1. The third-order valence-electron chi connectivity index (χ3n) is 4.54. The maximum absolute atomic E-state index is 12.6. The molecule has 1 saturated heterocycles. The number of carbonyl (C=O) groups excluding carboxylic acids is 1. The molecule has 1 amide bonds. The summed E-state index contributed by atoms with van der Waals surface area (Å²) in [6.45, 7) is 0.988. The molecule has 25 heavy (non-hydrogen) atoms. The summed E-state index contributed by atoms with van der Waals surface area (Å²) in [6.07, 6.45) is 2.65. The van der Waals surface area contributed by atoms with Crippen molar-refractivity contribution in [3.8, 4) is 5.75 Å². The molecular weight excluding hydrogens is 336 g/mol. The van der Waals surface area contributed by atoms with E-state index in [1.54, 1.807) is 7.11 Å². The lowest BCUT2D eigenvalue weighted by atomic mass is 9.97. The van der Waals surface area contributed by atoms with Crippen LogP contribution in [0.15, 0.2) is 48.5 Å². The van der Waals surface area contributed by atoms with E-state index < -0.39 is 0 Å². The first-order chi connectivity index (χ1) is 12.2. The highest BCUT2D eigenvalue weighted by Gasteiger charge is 2.23. The molecule has 0 aromatic heterocycles. The van der Waals surface area contributed by atoms with Gasteiger partial charge in [0.1, 0.15) is 5.75 Å². The number of methoxy groups -OCH3 is 1. The van der Waals surface area contributed by atoms with Crippen LogP contribution in [-0.2, 0) is 4.79 Å². The first kappa shape index (κ1) is 17.8. The first-order valence-corrected chi connectivity index (χ1v) is 8.96. The minimum atomic E-state index is -0.308. The Morgan fingerprint density at radius 1 is 1.32 bits per heavy atom. The molecule has 0 aliphatic carbocycles. The summed E-state index contributed by atoms with van der Waals surface area (Å²) in [4.78, 5) is 12.6. The molecule has 2 aromatic rings. The number of carbonyl (C=O) groups is 1. The SMILES string of the molecule is COc1cccc(C(NC(=O)CC2CCCN2)c2ccccc2Cl)c1. The van der Waals surface area contributed by atoms with E-state index in [9.17, 15) is 4.79 Å². The van der Waals surface area contributed by atoms with Crippen LogP contribution in [-0.4, -0.2) is 25.6 Å². The molecule has 1 fully saturated rings. The van der Waals surface area contributed by atoms with E-state index in [1.807, 2.05) is 48.5 Å². The van der Waals surface area contributed by atoms with Crippen molar-refractivity contribution in [3.05, 3.63) is 64.7 Å². The van der Waals surface area contributed by atoms with Gasteiger partial charge in [-0.05, 0) is 48.7 Å². The van der Waals surface area contributed by atoms with E-state index in [1.165, 1.54) is 0 Å². The maximum atomic E-state index is 12.6. The van der Waals surface area contributed by atoms with Gasteiger partial charge in [0, 0.05) is 17.5 Å². The number of benzene rings is 2. The first-order valence-electron chi connectivity index (χ1n) is 8.58. The summed E-state index contributed by atoms with van der Waals surface area (Å²) < 4.78 is 5.33. The highest BCUT2D eigenvalue weighted by Crippen LogP contribution is 2.30. The number of ether oxygens (including phenoxy) is 1. The van der Waals surface area contributed by atoms with Gasteiger partial charge in [-0.1, -0.05) is 41.9 Å². The Hall–Kier alpha value is -2.04. The molecule has 1 heterocycles. The fraction of sp³-hybridized carbons (Fsp3) is 0.350. The van der Waals surface area contributed by atoms with Gasteiger partial charge in [0.2, 0.25) is 5.91 Å². The molecule has 2 unspecified atom stereocenters. The van der Waals surface area contributed by atoms with E-state index in [2.05, 4.69) is 10.6 Å². The minimum absolute atomic E-state index is 0.0205. The van der Waals surface area contributed by atoms with Gasteiger partial charge in [-0.25, -0.2) is 0 Å². The smallest absolute Gasteiger partial charge is 0.222 e. The topological polar surface area (TPSA) is 50.4 Å². The second-order valence-electron chi connectivity index (χ2n) is 6.30. The lowest BCUT2D eigenvalue weighted by Gasteiger charge is -2.22. The number of hydrogen-bond acceptors (Lipinski definition) is 3. The highest BCUT2D eigenvalue weighted by molar-refractivity contribution is 6.31. The predicted molar refractivity (Wildman–Crippen MR) is 100 cm³/mol. The molecule has 132 valence electrons. The van der Waals surface area contributed by atoms with Crippen LogP contribution in [0.3, 0.4) is 0 Å². The Morgan fingerprint density at radius 2 is 2.16 bits per heavy atom. The zero-order valence-corrected chi connectivity index (χ0v) is 15.1. The van der Waals surface area contributed by atoms with E-state index >= 15 is 0 Å². The molecule has 4 nitrogen and oxygen atoms in total. The van der Waals surface area contributed by atoms with Crippen molar-refractivity contribution in [1.29, 1.82) is 0 Å². The van der Waals surface area contributed by atoms with Crippen LogP contribution in [0, 0.1) is 0 Å². The monoisotopic (exact) mass is 358 g/mol. The summed E-state index contributed by atoms with van der Waals surface area (Å²) in [5.74, 6) is 0.772. The van der Waals surface area contributed by atoms with Crippen molar-refractivity contribution < 1.29 is 9.53 Å². The van der Waals surface area contributed by atoms with Gasteiger partial charge >= 0.3 is 0 Å². The van der Waals surface area contributed by atoms with Gasteiger partial charge in [-0.2, -0.15) is 0 Å². The molecule has 3 rings (SSSR count). The molecule has 1 aliphatic rings. The molecule has 2 N–H and O–H groups in total. The Morgan fingerprint density at radius 3 is 2.88 bits per heavy atom. The van der Waals surface area contributed by atoms with Gasteiger partial charge in [0.05, 0.1) is 13.2 Å². The number of rotatable bonds is 6. The molecular formula is C20H23ClN2O2. The lowest BCUT2D eigenvalue weighted by molar-refractivity contribution is -0.122. The van der Waals surface area contributed by atoms with Gasteiger partial charge in [-0.15, -0.1) is 0 Å². The predicted octanol–water partition coefficient (Wildman–Crippen LogP) is 3.70. The molecule has 0 saturated carbocycles. The van der Waals surface area contributed by atoms with Crippen molar-refractivity contribution >= 4 is 17.5 Å². The van der Waals surface area contributed by atoms with Gasteiger partial charge in [0.15, 0.2) is 0 Å². The number of nitrogens with one attached hydrogen (secondary N) is 2. The summed E-state index contributed by atoms with van der Waals surface area (Å²) >= 11 is 6.40. The van der Waals surface area contributed by atoms with Crippen molar-refractivity contribution in [1.82, 2.24) is 10.6 Å². The van der Waals surface area contributed by atoms with Crippen LogP contribution in [0.5, 0.6) is 5.75 Å². The third-order valence-corrected chi connectivity index (χ3v) is 4.89. The fourth-order valence-electron chi connectivity index (χ4n) is 3.25. The molecule has 2 atom stereocenters. The van der Waals surface area contributed by atoms with E-state index in [0.29, 0.717) is 11.4 Å². The number of amides is 1. The molecule has 5 heteroatoms. The maximum Gasteiger partial charge on any atom is 0.222 e. The molecule has 1 aliphatic heterocycles. The van der Waals surface area contributed by atoms with Crippen LogP contribution >= 0.6 is 11.6 Å². The summed E-state index contributed by atoms with van der Waals surface area (Å²) in [5.41, 5.74) is 1.82. The van der Waals surface area contributed by atoms with Crippen LogP contribution < -0.4 is 15.4 Å². The number of hydrogen-bond donors (Lipinski definition) is 2. The Balaban J connectivity index is 1.86. The van der Waals surface area contributed by atoms with Gasteiger partial charge in [0.25, 0.3) is 0 Å². The Labute approximate surface area is 153 Å². The fourth-order valence-corrected chi connectivity index (χ4v) is 3.49. The normalized spacial score (nSPS) is 17.9. The van der Waals surface area contributed by atoms with E-state index in [4.69, 9.17) is 16.3 Å². The van der Waals surface area contributed by atoms with E-state index in [0.717, 1.165) is 36.3 Å². The average Bonchev–Trinajstić information content (AvgIpc) is 3.13. The Kier molecular flexibility index (Phi) is 5.95. The summed E-state index contributed by atoms with van der Waals surface area (Å²) in [7, 11) is 1.63. The van der Waals surface area contributed by atoms with Crippen LogP contribution in [0.1, 0.15) is 36.4 Å². The zero-order valence-electron chi connectivity index (χ0n) is 14.3. The third kappa shape index (κ3) is 4.53. The van der Waals surface area contributed by atoms with Crippen molar-refractivity contribution in [3.63, 3.8) is 0 Å². The molecule has 0 bridgehead atoms. The van der Waals surface area contributed by atoms with Crippen molar-refractivity contribution in [2.24, 2.45) is 0 Å². The molecule has 0 radical (unpaired) electrons. The second kappa shape index (κ2) is 8.37. The molecule has 2 aromatic carbocycles. The summed E-state index contributed by atoms with van der Waals surface area (Å²) in [5, 5.41) is 7.15. The summed E-state index contributed by atoms with van der Waals surface area (Å²) in [6, 6.07) is 15.3. The largest absolute Gasteiger partial charge is 0.497 e. The average molecular weight is 359 g/mol. The quantitative estimate of drug-likeness (QED) is 0.827. The molecule has 0 spiro atoms. The van der Waals surface area contributed by atoms with Crippen LogP contribution in [0.2, 0.25) is 5.02 Å². The lowest BCUT2D eigenvalue weighted by Crippen LogP contribution is -2.34. The van der Waals surface area contributed by atoms with Gasteiger partial charge in [-0.3, -0.25) is 4.79 Å². The van der Waals surface area contributed by atoms with Crippen LogP contribution in [0.25, 0.3) is 0 Å². The second-order valence-corrected chi connectivity index (χ2v) is 6.70. The van der Waals surface area contributed by atoms with Gasteiger partial charge < -0.3 is 15.4 Å². The Bertz CT molecular complexity index is 729. The van der Waals surface area contributed by atoms with Crippen molar-refractivity contribution in [2.75, 3.05) is 13.7 Å². The van der Waals surface area contributed by atoms with E-state index in [-0.39, 0.29) is 18.0 Å². The standard InChI is InChI=1S/C20H23ClN2O2/c1-25-16-8-4-6-14(12-16)20(17-9-2-3-10-18(17)21)23-19(24)13-15-7-5-11-22-15/h2-4,6,8-10,12,15,20,22H,5,7,11,13H2,1H3,(H,23,24). The minimum Gasteiger partial charge on any atom is -0.497 e. The van der Waals surface area contributed by atoms with Crippen molar-refractivity contribution in [2.45, 2.75) is 31.3 Å².